The summed E-state index contributed by atoms with van der Waals surface area (Å²) in [5.74, 6) is 1.46. The fraction of sp³-hybridized carbons (Fsp3) is 0.657. The number of rotatable bonds is 11. The highest BCUT2D eigenvalue weighted by atomic mass is 32.2. The molecule has 7 nitrogen and oxygen atoms in total. The van der Waals surface area contributed by atoms with Crippen molar-refractivity contribution in [1.29, 1.82) is 0 Å². The minimum Gasteiger partial charge on any atom is -0.392 e. The van der Waals surface area contributed by atoms with Gasteiger partial charge in [0.25, 0.3) is 0 Å². The van der Waals surface area contributed by atoms with Crippen LogP contribution in [0.1, 0.15) is 76.5 Å². The average molecular weight is 609 g/mol. The summed E-state index contributed by atoms with van der Waals surface area (Å²) < 4.78 is 6.90. The number of ketones is 1. The minimum atomic E-state index is -0.545. The molecule has 0 spiro atoms. The summed E-state index contributed by atoms with van der Waals surface area (Å²) in [5, 5.41) is 16.8. The number of aliphatic hydroxyl groups excluding tert-OH is 1. The molecule has 8 unspecified atom stereocenters. The van der Waals surface area contributed by atoms with Gasteiger partial charge in [-0.15, -0.1) is 11.8 Å². The van der Waals surface area contributed by atoms with Crippen molar-refractivity contribution in [3.8, 4) is 0 Å². The molecule has 2 bridgehead atoms. The van der Waals surface area contributed by atoms with Gasteiger partial charge >= 0.3 is 0 Å². The van der Waals surface area contributed by atoms with Crippen molar-refractivity contribution < 1.29 is 14.6 Å². The van der Waals surface area contributed by atoms with Crippen LogP contribution in [0, 0.1) is 34.0 Å². The quantitative estimate of drug-likeness (QED) is 0.206. The van der Waals surface area contributed by atoms with E-state index in [1.807, 2.05) is 18.3 Å². The highest BCUT2D eigenvalue weighted by Gasteiger charge is 2.67. The number of nitrogens with two attached hydrogens (primary N) is 2. The molecule has 3 aliphatic carbocycles. The number of nitrogens with one attached hydrogen (secondary N) is 1. The number of thioether (sulfide) groups is 1. The van der Waals surface area contributed by atoms with E-state index in [0.717, 1.165) is 47.7 Å². The molecule has 1 heterocycles. The summed E-state index contributed by atoms with van der Waals surface area (Å²) >= 11 is 1.68. The number of aromatic nitrogens is 1. The minimum absolute atomic E-state index is 0.0329. The van der Waals surface area contributed by atoms with E-state index in [1.165, 1.54) is 5.56 Å². The van der Waals surface area contributed by atoms with Crippen molar-refractivity contribution in [3.05, 3.63) is 59.3 Å². The Labute approximate surface area is 262 Å². The highest BCUT2D eigenvalue weighted by Crippen LogP contribution is 2.67. The maximum Gasteiger partial charge on any atom is 0.137 e. The van der Waals surface area contributed by atoms with Crippen LogP contribution in [-0.2, 0) is 29.2 Å². The molecule has 2 aromatic rings. The van der Waals surface area contributed by atoms with E-state index >= 15 is 0 Å². The number of carbonyl (C=O) groups excluding carboxylic acids is 1. The summed E-state index contributed by atoms with van der Waals surface area (Å²) in [6.45, 7) is 12.1. The summed E-state index contributed by atoms with van der Waals surface area (Å²) in [6, 6.07) is 12.4. The van der Waals surface area contributed by atoms with Gasteiger partial charge < -0.3 is 26.6 Å². The third-order valence-corrected chi connectivity index (χ3v) is 12.6. The maximum absolute atomic E-state index is 13.8. The van der Waals surface area contributed by atoms with Crippen LogP contribution in [0.2, 0.25) is 0 Å². The fourth-order valence-electron chi connectivity index (χ4n) is 8.84. The molecule has 1 aromatic carbocycles. The predicted molar refractivity (Wildman–Crippen MR) is 173 cm³/mol. The van der Waals surface area contributed by atoms with Crippen molar-refractivity contribution in [2.75, 3.05) is 18.9 Å². The summed E-state index contributed by atoms with van der Waals surface area (Å²) in [7, 11) is 0. The fourth-order valence-corrected chi connectivity index (χ4v) is 9.52. The number of benzene rings is 1. The van der Waals surface area contributed by atoms with Gasteiger partial charge in [0, 0.05) is 61.3 Å². The lowest BCUT2D eigenvalue weighted by atomic mass is 9.44. The summed E-state index contributed by atoms with van der Waals surface area (Å²) in [4.78, 5) is 18.3. The number of pyridine rings is 1. The van der Waals surface area contributed by atoms with Crippen molar-refractivity contribution in [3.63, 3.8) is 0 Å². The second-order valence-corrected chi connectivity index (χ2v) is 15.2. The van der Waals surface area contributed by atoms with Crippen molar-refractivity contribution >= 4 is 17.5 Å². The first-order chi connectivity index (χ1) is 20.6. The molecule has 6 N–H and O–H groups in total. The molecule has 1 aromatic heterocycles. The second kappa shape index (κ2) is 13.3. The van der Waals surface area contributed by atoms with Gasteiger partial charge in [0.05, 0.1) is 23.8 Å². The van der Waals surface area contributed by atoms with E-state index in [4.69, 9.17) is 16.2 Å². The Kier molecular flexibility index (Phi) is 10.1. The maximum atomic E-state index is 13.8. The standard InChI is InChI=1S/C35H52N4O3S/c1-23-11-13-35-14-12-28(40)31(35)34(23,4)29(42-15-16-43-30-10-9-27(19-37)21-39-30)17-33(3,32(41)24(35)2)22-38-20-26-7-5-25(18-36)6-8-26/h5-10,21,23-24,29,31-32,38,41H,11-20,22,36-37H2,1-4H3. The zero-order chi connectivity index (χ0) is 30.8. The highest BCUT2D eigenvalue weighted by molar-refractivity contribution is 7.99. The van der Waals surface area contributed by atoms with E-state index in [-0.39, 0.29) is 28.8 Å². The van der Waals surface area contributed by atoms with Gasteiger partial charge in [0.1, 0.15) is 5.78 Å². The van der Waals surface area contributed by atoms with Gasteiger partial charge in [-0.3, -0.25) is 4.79 Å². The SMILES string of the molecule is CC1C(O)C(C)(CNCc2ccc(CN)cc2)CC(OCCSc2ccc(CN)cn2)C2(C)C(C)CCC13CCC(=O)C32. The normalized spacial score (nSPS) is 35.8. The van der Waals surface area contributed by atoms with Crippen LogP contribution in [-0.4, -0.2) is 47.0 Å². The van der Waals surface area contributed by atoms with E-state index in [9.17, 15) is 9.90 Å². The average Bonchev–Trinajstić information content (AvgIpc) is 3.38. The molecular weight excluding hydrogens is 556 g/mol. The molecule has 0 aliphatic heterocycles. The Balaban J connectivity index is 1.38. The largest absolute Gasteiger partial charge is 0.392 e. The van der Waals surface area contributed by atoms with Gasteiger partial charge in [-0.05, 0) is 65.7 Å². The van der Waals surface area contributed by atoms with Crippen molar-refractivity contribution in [2.24, 2.45) is 45.5 Å². The Bertz CT molecular complexity index is 1240. The first-order valence-corrected chi connectivity index (χ1v) is 17.1. The van der Waals surface area contributed by atoms with Crippen LogP contribution in [0.3, 0.4) is 0 Å². The Morgan fingerprint density at radius 3 is 2.42 bits per heavy atom. The zero-order valence-corrected chi connectivity index (χ0v) is 27.3. The molecule has 8 atom stereocenters. The number of hydrogen-bond donors (Lipinski definition) is 4. The summed E-state index contributed by atoms with van der Waals surface area (Å²) in [5.41, 5.74) is 14.0. The van der Waals surface area contributed by atoms with Crippen LogP contribution in [0.5, 0.6) is 0 Å². The molecule has 0 amide bonds. The lowest BCUT2D eigenvalue weighted by molar-refractivity contribution is -0.207. The first kappa shape index (κ1) is 32.6. The van der Waals surface area contributed by atoms with Crippen LogP contribution < -0.4 is 16.8 Å². The van der Waals surface area contributed by atoms with E-state index in [0.29, 0.717) is 50.8 Å². The third kappa shape index (κ3) is 6.21. The number of carbonyl (C=O) groups is 1. The predicted octanol–water partition coefficient (Wildman–Crippen LogP) is 5.07. The Hall–Kier alpha value is -1.81. The van der Waals surface area contributed by atoms with Crippen LogP contribution in [0.25, 0.3) is 0 Å². The van der Waals surface area contributed by atoms with Gasteiger partial charge in [-0.2, -0.15) is 0 Å². The topological polar surface area (TPSA) is 123 Å². The molecule has 5 rings (SSSR count). The lowest BCUT2D eigenvalue weighted by Crippen LogP contribution is -2.64. The zero-order valence-electron chi connectivity index (χ0n) is 26.5. The number of Topliss-reactive ketones (excluding diaryl/α,β-unsaturated/α-hetero) is 1. The smallest absolute Gasteiger partial charge is 0.137 e. The molecule has 43 heavy (non-hydrogen) atoms. The van der Waals surface area contributed by atoms with Crippen molar-refractivity contribution in [1.82, 2.24) is 10.3 Å². The lowest BCUT2D eigenvalue weighted by Gasteiger charge is -2.62. The van der Waals surface area contributed by atoms with Crippen LogP contribution >= 0.6 is 11.8 Å². The molecular formula is C35H52N4O3S. The van der Waals surface area contributed by atoms with Gasteiger partial charge in [0.15, 0.2) is 0 Å². The number of nitrogens with zero attached hydrogens (tertiary/aromatic N) is 1. The van der Waals surface area contributed by atoms with E-state index in [2.05, 4.69) is 62.3 Å². The second-order valence-electron chi connectivity index (χ2n) is 14.1. The molecule has 3 aliphatic rings. The van der Waals surface area contributed by atoms with Gasteiger partial charge in [-0.25, -0.2) is 4.98 Å². The molecule has 0 radical (unpaired) electrons. The third-order valence-electron chi connectivity index (χ3n) is 11.7. The molecule has 8 heteroatoms. The Morgan fingerprint density at radius 2 is 1.74 bits per heavy atom. The molecule has 3 fully saturated rings. The first-order valence-electron chi connectivity index (χ1n) is 16.2. The Morgan fingerprint density at radius 1 is 1.05 bits per heavy atom. The number of hydrogen-bond acceptors (Lipinski definition) is 8. The monoisotopic (exact) mass is 608 g/mol. The van der Waals surface area contributed by atoms with Gasteiger partial charge in [-0.1, -0.05) is 58.0 Å². The number of ether oxygens (including phenoxy) is 1. The molecule has 3 saturated carbocycles. The van der Waals surface area contributed by atoms with E-state index in [1.54, 1.807) is 11.8 Å². The molecule has 236 valence electrons. The van der Waals surface area contributed by atoms with Crippen LogP contribution in [0.15, 0.2) is 47.6 Å². The van der Waals surface area contributed by atoms with Crippen molar-refractivity contribution in [2.45, 2.75) is 96.7 Å². The number of aliphatic hydroxyl groups is 1. The summed E-state index contributed by atoms with van der Waals surface area (Å²) in [6.07, 6.45) is 5.41. The van der Waals surface area contributed by atoms with E-state index < -0.39 is 11.5 Å². The molecule has 0 saturated heterocycles. The van der Waals surface area contributed by atoms with Crippen LogP contribution in [0.4, 0.5) is 0 Å². The van der Waals surface area contributed by atoms with Gasteiger partial charge in [0.2, 0.25) is 0 Å².